The van der Waals surface area contributed by atoms with Crippen molar-refractivity contribution in [3.05, 3.63) is 16.4 Å². The first-order chi connectivity index (χ1) is 7.91. The molecule has 0 amide bonds. The topological polar surface area (TPSA) is 21.1 Å². The highest BCUT2D eigenvalue weighted by molar-refractivity contribution is 9.10. The maximum absolute atomic E-state index is 4.44. The molecule has 0 aliphatic carbocycles. The van der Waals surface area contributed by atoms with Crippen molar-refractivity contribution in [2.24, 2.45) is 0 Å². The van der Waals surface area contributed by atoms with Crippen LogP contribution in [0.3, 0.4) is 0 Å². The van der Waals surface area contributed by atoms with E-state index in [1.165, 1.54) is 5.69 Å². The fourth-order valence-corrected chi connectivity index (χ4v) is 3.18. The zero-order chi connectivity index (χ0) is 13.0. The first kappa shape index (κ1) is 15.2. The number of aromatic nitrogens is 2. The van der Waals surface area contributed by atoms with Crippen molar-refractivity contribution in [1.29, 1.82) is 0 Å². The second-order valence-corrected chi connectivity index (χ2v) is 7.24. The zero-order valence-corrected chi connectivity index (χ0v) is 14.1. The number of rotatable bonds is 6. The summed E-state index contributed by atoms with van der Waals surface area (Å²) < 4.78 is 3.24. The van der Waals surface area contributed by atoms with Gasteiger partial charge in [-0.2, -0.15) is 5.10 Å². The monoisotopic (exact) mass is 365 g/mol. The molecule has 0 fully saturated rings. The lowest BCUT2D eigenvalue weighted by Gasteiger charge is -2.17. The molecule has 0 aliphatic heterocycles. The minimum absolute atomic E-state index is 0.503. The quantitative estimate of drug-likeness (QED) is 0.718. The Bertz CT molecular complexity index is 348. The van der Waals surface area contributed by atoms with Gasteiger partial charge < -0.3 is 4.90 Å². The average Bonchev–Trinajstić information content (AvgIpc) is 2.55. The summed E-state index contributed by atoms with van der Waals surface area (Å²) in [7, 11) is 4.17. The molecule has 0 aliphatic rings. The highest BCUT2D eigenvalue weighted by Crippen LogP contribution is 2.29. The van der Waals surface area contributed by atoms with Crippen molar-refractivity contribution in [1.82, 2.24) is 14.7 Å². The van der Waals surface area contributed by atoms with Gasteiger partial charge in [-0.05, 0) is 36.4 Å². The smallest absolute Gasteiger partial charge is 0.0635 e. The molecule has 0 radical (unpaired) electrons. The highest BCUT2D eigenvalue weighted by atomic mass is 79.9. The standard InChI is InChI=1S/C12H21Br2N3/c1-9(7-10(2)13)12-11(14)8-15-17(12)6-5-16(3)4/h8-10H,5-7H2,1-4H3. The van der Waals surface area contributed by atoms with Gasteiger partial charge in [0.25, 0.3) is 0 Å². The maximum Gasteiger partial charge on any atom is 0.0635 e. The molecular weight excluding hydrogens is 346 g/mol. The Morgan fingerprint density at radius 3 is 2.59 bits per heavy atom. The van der Waals surface area contributed by atoms with Crippen LogP contribution in [0, 0.1) is 0 Å². The Morgan fingerprint density at radius 1 is 1.41 bits per heavy atom. The Kier molecular flexibility index (Phi) is 6.17. The van der Waals surface area contributed by atoms with Crippen molar-refractivity contribution in [3.8, 4) is 0 Å². The van der Waals surface area contributed by atoms with E-state index in [1.807, 2.05) is 6.20 Å². The summed E-state index contributed by atoms with van der Waals surface area (Å²) in [6.45, 7) is 6.39. The van der Waals surface area contributed by atoms with E-state index >= 15 is 0 Å². The minimum atomic E-state index is 0.503. The molecule has 0 aromatic carbocycles. The summed E-state index contributed by atoms with van der Waals surface area (Å²) in [6, 6.07) is 0. The molecule has 1 heterocycles. The van der Waals surface area contributed by atoms with Crippen LogP contribution in [-0.4, -0.2) is 40.1 Å². The van der Waals surface area contributed by atoms with Crippen LogP contribution in [0.1, 0.15) is 31.9 Å². The molecule has 0 saturated carbocycles. The van der Waals surface area contributed by atoms with Gasteiger partial charge in [0.2, 0.25) is 0 Å². The molecule has 0 spiro atoms. The summed E-state index contributed by atoms with van der Waals surface area (Å²) in [6.07, 6.45) is 3.02. The third-order valence-corrected chi connectivity index (χ3v) is 3.72. The van der Waals surface area contributed by atoms with E-state index in [0.29, 0.717) is 10.7 Å². The van der Waals surface area contributed by atoms with Crippen molar-refractivity contribution < 1.29 is 0 Å². The molecule has 5 heteroatoms. The van der Waals surface area contributed by atoms with Gasteiger partial charge in [-0.1, -0.05) is 29.8 Å². The van der Waals surface area contributed by atoms with E-state index in [9.17, 15) is 0 Å². The second kappa shape index (κ2) is 6.90. The fraction of sp³-hybridized carbons (Fsp3) is 0.750. The molecule has 0 saturated heterocycles. The van der Waals surface area contributed by atoms with Crippen LogP contribution < -0.4 is 0 Å². The molecule has 2 atom stereocenters. The zero-order valence-electron chi connectivity index (χ0n) is 11.0. The van der Waals surface area contributed by atoms with E-state index in [-0.39, 0.29) is 0 Å². The van der Waals surface area contributed by atoms with Crippen LogP contribution in [0.2, 0.25) is 0 Å². The number of hydrogen-bond acceptors (Lipinski definition) is 2. The van der Waals surface area contributed by atoms with Crippen LogP contribution in [0.25, 0.3) is 0 Å². The van der Waals surface area contributed by atoms with Gasteiger partial charge in [0.05, 0.1) is 22.9 Å². The molecule has 0 N–H and O–H groups in total. The molecule has 0 bridgehead atoms. The van der Waals surface area contributed by atoms with Gasteiger partial charge in [0.15, 0.2) is 0 Å². The Balaban J connectivity index is 2.78. The van der Waals surface area contributed by atoms with Gasteiger partial charge in [-0.15, -0.1) is 0 Å². The summed E-state index contributed by atoms with van der Waals surface area (Å²) in [5.41, 5.74) is 1.30. The number of alkyl halides is 1. The number of hydrogen-bond donors (Lipinski definition) is 0. The molecule has 2 unspecified atom stereocenters. The van der Waals surface area contributed by atoms with E-state index in [4.69, 9.17) is 0 Å². The van der Waals surface area contributed by atoms with E-state index < -0.39 is 0 Å². The van der Waals surface area contributed by atoms with Crippen LogP contribution in [0.15, 0.2) is 10.7 Å². The number of likely N-dealkylation sites (N-methyl/N-ethyl adjacent to an activating group) is 1. The predicted octanol–water partition coefficient (Wildman–Crippen LogP) is 3.48. The van der Waals surface area contributed by atoms with Crippen molar-refractivity contribution >= 4 is 31.9 Å². The molecule has 1 aromatic heterocycles. The van der Waals surface area contributed by atoms with E-state index in [0.717, 1.165) is 24.0 Å². The van der Waals surface area contributed by atoms with Gasteiger partial charge in [-0.25, -0.2) is 0 Å². The predicted molar refractivity (Wildman–Crippen MR) is 79.9 cm³/mol. The molecular formula is C12H21Br2N3. The molecule has 1 aromatic rings. The molecule has 17 heavy (non-hydrogen) atoms. The lowest BCUT2D eigenvalue weighted by atomic mass is 10.0. The number of nitrogens with zero attached hydrogens (tertiary/aromatic N) is 3. The van der Waals surface area contributed by atoms with Crippen LogP contribution in [0.5, 0.6) is 0 Å². The summed E-state index contributed by atoms with van der Waals surface area (Å²) in [5.74, 6) is 0.503. The largest absolute Gasteiger partial charge is 0.308 e. The fourth-order valence-electron chi connectivity index (χ4n) is 1.93. The first-order valence-electron chi connectivity index (χ1n) is 5.91. The summed E-state index contributed by atoms with van der Waals surface area (Å²) in [4.78, 5) is 2.71. The third kappa shape index (κ3) is 4.72. The van der Waals surface area contributed by atoms with Gasteiger partial charge in [0, 0.05) is 17.3 Å². The maximum atomic E-state index is 4.44. The van der Waals surface area contributed by atoms with Crippen molar-refractivity contribution in [2.45, 2.75) is 37.6 Å². The average molecular weight is 367 g/mol. The van der Waals surface area contributed by atoms with Crippen LogP contribution >= 0.6 is 31.9 Å². The third-order valence-electron chi connectivity index (χ3n) is 2.74. The normalized spacial score (nSPS) is 15.2. The summed E-state index contributed by atoms with van der Waals surface area (Å²) >= 11 is 7.22. The second-order valence-electron chi connectivity index (χ2n) is 4.82. The summed E-state index contributed by atoms with van der Waals surface area (Å²) in [5, 5.41) is 4.44. The Labute approximate surface area is 121 Å². The first-order valence-corrected chi connectivity index (χ1v) is 7.62. The lowest BCUT2D eigenvalue weighted by molar-refractivity contribution is 0.366. The van der Waals surface area contributed by atoms with Crippen LogP contribution in [0.4, 0.5) is 0 Å². The van der Waals surface area contributed by atoms with E-state index in [2.05, 4.69) is 74.5 Å². The SMILES string of the molecule is CC(Br)CC(C)c1c(Br)cnn1CCN(C)C. The lowest BCUT2D eigenvalue weighted by Crippen LogP contribution is -2.21. The minimum Gasteiger partial charge on any atom is -0.308 e. The highest BCUT2D eigenvalue weighted by Gasteiger charge is 2.17. The number of halogens is 2. The Hall–Kier alpha value is 0.130. The molecule has 3 nitrogen and oxygen atoms in total. The Morgan fingerprint density at radius 2 is 2.06 bits per heavy atom. The molecule has 1 rings (SSSR count). The van der Waals surface area contributed by atoms with Gasteiger partial charge in [0.1, 0.15) is 0 Å². The van der Waals surface area contributed by atoms with E-state index in [1.54, 1.807) is 0 Å². The van der Waals surface area contributed by atoms with Crippen molar-refractivity contribution in [2.75, 3.05) is 20.6 Å². The van der Waals surface area contributed by atoms with Crippen LogP contribution in [-0.2, 0) is 6.54 Å². The van der Waals surface area contributed by atoms with Gasteiger partial charge >= 0.3 is 0 Å². The molecule has 98 valence electrons. The van der Waals surface area contributed by atoms with Gasteiger partial charge in [-0.3, -0.25) is 4.68 Å². The van der Waals surface area contributed by atoms with Crippen molar-refractivity contribution in [3.63, 3.8) is 0 Å².